The van der Waals surface area contributed by atoms with Crippen LogP contribution in [0.5, 0.6) is 0 Å². The average molecular weight is 447 g/mol. The summed E-state index contributed by atoms with van der Waals surface area (Å²) < 4.78 is 5.42. The SMILES string of the molecule is O=C(NC[C@]1(O)CCN(Cc2cccc(CN3CCOCC3)c2)C[C@H]1O)c1cscn1. The number of ether oxygens (including phenoxy) is 1. The lowest BCUT2D eigenvalue weighted by molar-refractivity contribution is -0.116. The molecule has 2 atom stereocenters. The van der Waals surface area contributed by atoms with Gasteiger partial charge in [-0.15, -0.1) is 11.3 Å². The number of aliphatic hydroxyl groups excluding tert-OH is 1. The standard InChI is InChI=1S/C22H30N4O4S/c27-20-13-26(5-4-22(20,29)15-23-21(28)19-14-31-16-24-19)12-18-3-1-2-17(10-18)11-25-6-8-30-9-7-25/h1-3,10,14,16,20,27,29H,4-9,11-13,15H2,(H,23,28)/t20-,22-/m1/s1. The Bertz CT molecular complexity index is 859. The van der Waals surface area contributed by atoms with E-state index in [9.17, 15) is 15.0 Å². The summed E-state index contributed by atoms with van der Waals surface area (Å²) in [5.74, 6) is -0.332. The molecule has 0 spiro atoms. The highest BCUT2D eigenvalue weighted by Crippen LogP contribution is 2.24. The van der Waals surface area contributed by atoms with Crippen molar-refractivity contribution in [3.8, 4) is 0 Å². The van der Waals surface area contributed by atoms with Crippen LogP contribution in [0.3, 0.4) is 0 Å². The highest BCUT2D eigenvalue weighted by molar-refractivity contribution is 7.07. The minimum Gasteiger partial charge on any atom is -0.389 e. The second kappa shape index (κ2) is 10.2. The quantitative estimate of drug-likeness (QED) is 0.576. The van der Waals surface area contributed by atoms with E-state index in [1.54, 1.807) is 10.9 Å². The number of β-amino-alcohol motifs (C(OH)–C–C–N with tert-alkyl or cyclic N) is 1. The molecule has 9 heteroatoms. The summed E-state index contributed by atoms with van der Waals surface area (Å²) in [6.45, 7) is 6.14. The van der Waals surface area contributed by atoms with Crippen LogP contribution in [0, 0.1) is 0 Å². The molecule has 3 heterocycles. The van der Waals surface area contributed by atoms with Crippen molar-refractivity contribution in [1.29, 1.82) is 0 Å². The number of amides is 1. The van der Waals surface area contributed by atoms with Crippen molar-refractivity contribution >= 4 is 17.2 Å². The zero-order valence-corrected chi connectivity index (χ0v) is 18.4. The Hall–Kier alpha value is -1.88. The molecule has 2 aromatic rings. The van der Waals surface area contributed by atoms with E-state index in [1.165, 1.54) is 22.5 Å². The van der Waals surface area contributed by atoms with Gasteiger partial charge < -0.3 is 20.3 Å². The van der Waals surface area contributed by atoms with Crippen molar-refractivity contribution in [2.75, 3.05) is 45.9 Å². The van der Waals surface area contributed by atoms with Crippen molar-refractivity contribution in [3.05, 3.63) is 52.0 Å². The number of nitrogens with zero attached hydrogens (tertiary/aromatic N) is 3. The van der Waals surface area contributed by atoms with Crippen molar-refractivity contribution in [3.63, 3.8) is 0 Å². The molecular weight excluding hydrogens is 416 g/mol. The van der Waals surface area contributed by atoms with E-state index in [1.807, 2.05) is 0 Å². The predicted octanol–water partition coefficient (Wildman–Crippen LogP) is 0.703. The molecule has 31 heavy (non-hydrogen) atoms. The number of nitrogens with one attached hydrogen (secondary N) is 1. The number of carbonyl (C=O) groups excluding carboxylic acids is 1. The Labute approximate surface area is 186 Å². The lowest BCUT2D eigenvalue weighted by atomic mass is 9.88. The molecule has 2 aliphatic heterocycles. The summed E-state index contributed by atoms with van der Waals surface area (Å²) in [5.41, 5.74) is 3.06. The number of rotatable bonds is 7. The van der Waals surface area contributed by atoms with Gasteiger partial charge in [-0.2, -0.15) is 0 Å². The van der Waals surface area contributed by atoms with Crippen LogP contribution in [0.15, 0.2) is 35.2 Å². The Balaban J connectivity index is 1.28. The van der Waals surface area contributed by atoms with E-state index in [0.717, 1.165) is 39.4 Å². The molecule has 0 saturated carbocycles. The highest BCUT2D eigenvalue weighted by Gasteiger charge is 2.40. The molecule has 1 aromatic heterocycles. The Kier molecular flexibility index (Phi) is 7.31. The molecule has 4 rings (SSSR count). The molecule has 0 radical (unpaired) electrons. The van der Waals surface area contributed by atoms with E-state index in [4.69, 9.17) is 4.74 Å². The minimum atomic E-state index is -1.33. The van der Waals surface area contributed by atoms with Crippen LogP contribution in [0.4, 0.5) is 0 Å². The van der Waals surface area contributed by atoms with Gasteiger partial charge in [-0.1, -0.05) is 24.3 Å². The van der Waals surface area contributed by atoms with Crippen molar-refractivity contribution in [1.82, 2.24) is 20.1 Å². The second-order valence-electron chi connectivity index (χ2n) is 8.37. The number of morpholine rings is 1. The number of carbonyl (C=O) groups is 1. The van der Waals surface area contributed by atoms with Crippen LogP contribution in [-0.4, -0.2) is 88.5 Å². The maximum absolute atomic E-state index is 12.1. The molecule has 2 saturated heterocycles. The summed E-state index contributed by atoms with van der Waals surface area (Å²) in [6.07, 6.45) is -0.549. The van der Waals surface area contributed by atoms with E-state index in [-0.39, 0.29) is 12.5 Å². The van der Waals surface area contributed by atoms with Crippen molar-refractivity contribution in [2.24, 2.45) is 0 Å². The molecule has 0 bridgehead atoms. The monoisotopic (exact) mass is 446 g/mol. The number of benzene rings is 1. The number of piperidine rings is 1. The fourth-order valence-electron chi connectivity index (χ4n) is 4.12. The summed E-state index contributed by atoms with van der Waals surface area (Å²) in [5, 5.41) is 25.8. The average Bonchev–Trinajstić information content (AvgIpc) is 3.31. The number of hydrogen-bond acceptors (Lipinski definition) is 8. The highest BCUT2D eigenvalue weighted by atomic mass is 32.1. The van der Waals surface area contributed by atoms with Crippen LogP contribution >= 0.6 is 11.3 Å². The van der Waals surface area contributed by atoms with Gasteiger partial charge >= 0.3 is 0 Å². The minimum absolute atomic E-state index is 0.00734. The van der Waals surface area contributed by atoms with E-state index in [0.29, 0.717) is 25.2 Å². The fourth-order valence-corrected chi connectivity index (χ4v) is 4.66. The molecule has 1 amide bonds. The molecule has 0 unspecified atom stereocenters. The number of aliphatic hydroxyl groups is 2. The molecule has 168 valence electrons. The smallest absolute Gasteiger partial charge is 0.270 e. The van der Waals surface area contributed by atoms with Gasteiger partial charge in [-0.3, -0.25) is 14.6 Å². The zero-order valence-electron chi connectivity index (χ0n) is 17.6. The molecule has 3 N–H and O–H groups in total. The lowest BCUT2D eigenvalue weighted by Gasteiger charge is -2.42. The Morgan fingerprint density at radius 3 is 2.65 bits per heavy atom. The van der Waals surface area contributed by atoms with Crippen LogP contribution in [0.1, 0.15) is 28.0 Å². The summed E-state index contributed by atoms with van der Waals surface area (Å²) in [7, 11) is 0. The molecule has 0 aliphatic carbocycles. The van der Waals surface area contributed by atoms with Gasteiger partial charge in [0.25, 0.3) is 5.91 Å². The first-order valence-electron chi connectivity index (χ1n) is 10.7. The third kappa shape index (κ3) is 5.88. The number of aromatic nitrogens is 1. The fraction of sp³-hybridized carbons (Fsp3) is 0.545. The van der Waals surface area contributed by atoms with Gasteiger partial charge in [0, 0.05) is 51.2 Å². The maximum atomic E-state index is 12.1. The predicted molar refractivity (Wildman–Crippen MR) is 118 cm³/mol. The van der Waals surface area contributed by atoms with Gasteiger partial charge in [-0.25, -0.2) is 4.98 Å². The van der Waals surface area contributed by atoms with Crippen LogP contribution in [0.25, 0.3) is 0 Å². The van der Waals surface area contributed by atoms with Crippen molar-refractivity contribution < 1.29 is 19.7 Å². The molecule has 1 aromatic carbocycles. The van der Waals surface area contributed by atoms with Gasteiger partial charge in [0.05, 0.1) is 24.8 Å². The van der Waals surface area contributed by atoms with Gasteiger partial charge in [0.2, 0.25) is 0 Å². The summed E-state index contributed by atoms with van der Waals surface area (Å²) in [4.78, 5) is 20.6. The number of hydrogen-bond donors (Lipinski definition) is 3. The van der Waals surface area contributed by atoms with Crippen LogP contribution in [-0.2, 0) is 17.8 Å². The summed E-state index contributed by atoms with van der Waals surface area (Å²) in [6, 6.07) is 8.55. The summed E-state index contributed by atoms with van der Waals surface area (Å²) >= 11 is 1.34. The third-order valence-corrected chi connectivity index (χ3v) is 6.63. The lowest BCUT2D eigenvalue weighted by Crippen LogP contribution is -2.60. The van der Waals surface area contributed by atoms with Gasteiger partial charge in [-0.05, 0) is 17.5 Å². The normalized spacial score (nSPS) is 25.4. The maximum Gasteiger partial charge on any atom is 0.270 e. The van der Waals surface area contributed by atoms with Crippen LogP contribution < -0.4 is 5.32 Å². The first-order chi connectivity index (χ1) is 15.0. The Morgan fingerprint density at radius 2 is 1.97 bits per heavy atom. The number of thiazole rings is 1. The largest absolute Gasteiger partial charge is 0.389 e. The first kappa shape index (κ1) is 22.3. The van der Waals surface area contributed by atoms with Gasteiger partial charge in [0.15, 0.2) is 0 Å². The second-order valence-corrected chi connectivity index (χ2v) is 9.09. The molecular formula is C22H30N4O4S. The van der Waals surface area contributed by atoms with Crippen molar-refractivity contribution in [2.45, 2.75) is 31.2 Å². The third-order valence-electron chi connectivity index (χ3n) is 6.04. The van der Waals surface area contributed by atoms with E-state index in [2.05, 4.69) is 44.4 Å². The van der Waals surface area contributed by atoms with E-state index < -0.39 is 11.7 Å². The Morgan fingerprint density at radius 1 is 1.23 bits per heavy atom. The van der Waals surface area contributed by atoms with Gasteiger partial charge in [0.1, 0.15) is 11.3 Å². The molecule has 2 fully saturated rings. The number of likely N-dealkylation sites (tertiary alicyclic amines) is 1. The first-order valence-corrected chi connectivity index (χ1v) is 11.6. The molecule has 8 nitrogen and oxygen atoms in total. The van der Waals surface area contributed by atoms with Crippen LogP contribution in [0.2, 0.25) is 0 Å². The van der Waals surface area contributed by atoms with E-state index >= 15 is 0 Å². The zero-order chi connectivity index (χ0) is 21.7. The topological polar surface area (TPSA) is 98.2 Å². The molecule has 2 aliphatic rings.